The minimum absolute atomic E-state index is 0.0461. The molecule has 1 heterocycles. The number of methoxy groups -OCH3 is 1. The van der Waals surface area contributed by atoms with Crippen molar-refractivity contribution in [2.75, 3.05) is 7.11 Å². The third-order valence-corrected chi connectivity index (χ3v) is 6.57. The van der Waals surface area contributed by atoms with Crippen LogP contribution in [-0.2, 0) is 23.9 Å². The second-order valence-electron chi connectivity index (χ2n) is 7.79. The highest BCUT2D eigenvalue weighted by molar-refractivity contribution is 5.92. The second kappa shape index (κ2) is 6.99. The first kappa shape index (κ1) is 18.8. The Bertz CT molecular complexity index is 690. The van der Waals surface area contributed by atoms with Gasteiger partial charge in [0.1, 0.15) is 0 Å². The van der Waals surface area contributed by atoms with Gasteiger partial charge in [0.2, 0.25) is 6.29 Å². The molecule has 0 aromatic rings. The van der Waals surface area contributed by atoms with Crippen LogP contribution in [0.4, 0.5) is 0 Å². The first-order valence-corrected chi connectivity index (χ1v) is 9.18. The Hall–Kier alpha value is -1.95. The van der Waals surface area contributed by atoms with Crippen molar-refractivity contribution in [2.45, 2.75) is 52.2 Å². The summed E-state index contributed by atoms with van der Waals surface area (Å²) < 4.78 is 9.94. The number of aliphatic hydroxyl groups excluding tert-OH is 1. The number of esters is 2. The summed E-state index contributed by atoms with van der Waals surface area (Å²) in [5.74, 6) is -0.714. The van der Waals surface area contributed by atoms with Gasteiger partial charge < -0.3 is 14.6 Å². The van der Waals surface area contributed by atoms with Crippen LogP contribution in [-0.4, -0.2) is 36.2 Å². The van der Waals surface area contributed by atoms with E-state index in [0.717, 1.165) is 18.4 Å². The molecule has 1 N–H and O–H groups in total. The number of cyclic esters (lactones) is 1. The molecule has 2 aliphatic carbocycles. The molecule has 142 valence electrons. The number of fused-ring (bicyclic) bond motifs is 1. The highest BCUT2D eigenvalue weighted by Gasteiger charge is 2.56. The number of hydrogen-bond acceptors (Lipinski definition) is 6. The van der Waals surface area contributed by atoms with Gasteiger partial charge in [0.05, 0.1) is 12.5 Å². The van der Waals surface area contributed by atoms with Crippen molar-refractivity contribution >= 4 is 17.7 Å². The minimum atomic E-state index is -1.25. The predicted octanol–water partition coefficient (Wildman–Crippen LogP) is 2.31. The number of carbonyl (C=O) groups excluding carboxylic acids is 3. The monoisotopic (exact) mass is 362 g/mol. The molecule has 0 aromatic heterocycles. The Labute approximate surface area is 153 Å². The summed E-state index contributed by atoms with van der Waals surface area (Å²) in [6.45, 7) is 3.99. The molecule has 0 amide bonds. The van der Waals surface area contributed by atoms with Gasteiger partial charge >= 0.3 is 11.9 Å². The van der Waals surface area contributed by atoms with Crippen LogP contribution < -0.4 is 0 Å². The molecule has 0 saturated heterocycles. The molecule has 0 radical (unpaired) electrons. The van der Waals surface area contributed by atoms with Crippen LogP contribution in [0.2, 0.25) is 0 Å². The van der Waals surface area contributed by atoms with Gasteiger partial charge in [-0.3, -0.25) is 9.59 Å². The SMILES string of the molecule is COC(=O)[C@]1(CCC2=CC(=O)O[C@@H]2O)[C@H](C)CC[C@@H]2C(C)=CC(=O)C[C@@H]21. The van der Waals surface area contributed by atoms with Crippen molar-refractivity contribution in [1.29, 1.82) is 0 Å². The number of hydrogen-bond donors (Lipinski definition) is 1. The molecule has 0 unspecified atom stereocenters. The van der Waals surface area contributed by atoms with E-state index in [1.54, 1.807) is 6.08 Å². The molecule has 3 aliphatic rings. The number of ether oxygens (including phenoxy) is 2. The molecule has 1 saturated carbocycles. The lowest BCUT2D eigenvalue weighted by Crippen LogP contribution is -2.52. The van der Waals surface area contributed by atoms with Gasteiger partial charge in [0, 0.05) is 18.1 Å². The van der Waals surface area contributed by atoms with Crippen molar-refractivity contribution in [3.05, 3.63) is 23.3 Å². The predicted molar refractivity (Wildman–Crippen MR) is 92.6 cm³/mol. The molecule has 6 heteroatoms. The Morgan fingerprint density at radius 2 is 2.08 bits per heavy atom. The fourth-order valence-electron chi connectivity index (χ4n) is 5.18. The summed E-state index contributed by atoms with van der Waals surface area (Å²) >= 11 is 0. The van der Waals surface area contributed by atoms with E-state index < -0.39 is 17.7 Å². The molecule has 26 heavy (non-hydrogen) atoms. The third kappa shape index (κ3) is 3.00. The van der Waals surface area contributed by atoms with Crippen molar-refractivity contribution in [2.24, 2.45) is 23.2 Å². The first-order valence-electron chi connectivity index (χ1n) is 9.18. The maximum absolute atomic E-state index is 13.0. The molecular formula is C20H26O6. The van der Waals surface area contributed by atoms with E-state index in [1.165, 1.54) is 13.2 Å². The minimum Gasteiger partial charge on any atom is -0.469 e. The average Bonchev–Trinajstić information content (AvgIpc) is 2.91. The Kier molecular flexibility index (Phi) is 5.06. The number of allylic oxidation sites excluding steroid dienone is 2. The number of aliphatic hydroxyl groups is 1. The fraction of sp³-hybridized carbons (Fsp3) is 0.650. The van der Waals surface area contributed by atoms with E-state index >= 15 is 0 Å². The van der Waals surface area contributed by atoms with Crippen molar-refractivity contribution in [3.63, 3.8) is 0 Å². The van der Waals surface area contributed by atoms with E-state index in [0.29, 0.717) is 24.8 Å². The van der Waals surface area contributed by atoms with Gasteiger partial charge in [-0.1, -0.05) is 12.5 Å². The maximum atomic E-state index is 13.0. The highest BCUT2D eigenvalue weighted by Crippen LogP contribution is 2.56. The number of rotatable bonds is 4. The van der Waals surface area contributed by atoms with E-state index in [4.69, 9.17) is 9.47 Å². The smallest absolute Gasteiger partial charge is 0.333 e. The fourth-order valence-corrected chi connectivity index (χ4v) is 5.18. The molecule has 5 atom stereocenters. The molecule has 3 rings (SSSR count). The van der Waals surface area contributed by atoms with Crippen LogP contribution in [0, 0.1) is 23.2 Å². The van der Waals surface area contributed by atoms with Crippen LogP contribution in [0.1, 0.15) is 46.0 Å². The quantitative estimate of drug-likeness (QED) is 0.772. The lowest BCUT2D eigenvalue weighted by atomic mass is 9.51. The van der Waals surface area contributed by atoms with Gasteiger partial charge in [-0.15, -0.1) is 0 Å². The first-order chi connectivity index (χ1) is 12.3. The van der Waals surface area contributed by atoms with E-state index in [2.05, 4.69) is 0 Å². The Morgan fingerprint density at radius 3 is 2.69 bits per heavy atom. The standard InChI is InChI=1S/C20H26O6/c1-11-8-14(21)10-16-15(11)5-4-12(2)20(16,19(24)25-3)7-6-13-9-17(22)26-18(13)23/h8-9,12,15-16,18,23H,4-7,10H2,1-3H3/t12-,15-,16+,18+,20-/m1/s1. The maximum Gasteiger partial charge on any atom is 0.333 e. The van der Waals surface area contributed by atoms with Crippen LogP contribution in [0.3, 0.4) is 0 Å². The summed E-state index contributed by atoms with van der Waals surface area (Å²) in [5, 5.41) is 9.86. The van der Waals surface area contributed by atoms with Gasteiger partial charge in [-0.2, -0.15) is 0 Å². The number of ketones is 1. The summed E-state index contributed by atoms with van der Waals surface area (Å²) in [7, 11) is 1.38. The molecular weight excluding hydrogens is 336 g/mol. The van der Waals surface area contributed by atoms with Gasteiger partial charge in [0.15, 0.2) is 5.78 Å². The van der Waals surface area contributed by atoms with E-state index in [9.17, 15) is 19.5 Å². The van der Waals surface area contributed by atoms with Crippen molar-refractivity contribution in [3.8, 4) is 0 Å². The molecule has 6 nitrogen and oxygen atoms in total. The van der Waals surface area contributed by atoms with Crippen LogP contribution in [0.15, 0.2) is 23.3 Å². The molecule has 1 aliphatic heterocycles. The van der Waals surface area contributed by atoms with Crippen LogP contribution >= 0.6 is 0 Å². The number of carbonyl (C=O) groups is 3. The van der Waals surface area contributed by atoms with E-state index in [-0.39, 0.29) is 29.5 Å². The van der Waals surface area contributed by atoms with Crippen molar-refractivity contribution < 1.29 is 29.0 Å². The van der Waals surface area contributed by atoms with Crippen LogP contribution in [0.25, 0.3) is 0 Å². The lowest BCUT2D eigenvalue weighted by molar-refractivity contribution is -0.169. The summed E-state index contributed by atoms with van der Waals surface area (Å²) in [4.78, 5) is 36.6. The molecule has 1 fully saturated rings. The summed E-state index contributed by atoms with van der Waals surface area (Å²) in [6, 6.07) is 0. The highest BCUT2D eigenvalue weighted by atomic mass is 16.6. The van der Waals surface area contributed by atoms with Crippen LogP contribution in [0.5, 0.6) is 0 Å². The second-order valence-corrected chi connectivity index (χ2v) is 7.79. The normalized spacial score (nSPS) is 36.8. The summed E-state index contributed by atoms with van der Waals surface area (Å²) in [5.41, 5.74) is 0.696. The van der Waals surface area contributed by atoms with E-state index in [1.807, 2.05) is 13.8 Å². The van der Waals surface area contributed by atoms with Gasteiger partial charge in [0.25, 0.3) is 0 Å². The molecule has 0 aromatic carbocycles. The third-order valence-electron chi connectivity index (χ3n) is 6.57. The van der Waals surface area contributed by atoms with Gasteiger partial charge in [-0.05, 0) is 56.4 Å². The molecule has 0 spiro atoms. The topological polar surface area (TPSA) is 89.9 Å². The van der Waals surface area contributed by atoms with Gasteiger partial charge in [-0.25, -0.2) is 4.79 Å². The Morgan fingerprint density at radius 1 is 1.35 bits per heavy atom. The lowest BCUT2D eigenvalue weighted by Gasteiger charge is -2.51. The van der Waals surface area contributed by atoms with Crippen molar-refractivity contribution in [1.82, 2.24) is 0 Å². The largest absolute Gasteiger partial charge is 0.469 e. The zero-order valence-electron chi connectivity index (χ0n) is 15.5. The zero-order chi connectivity index (χ0) is 19.1. The zero-order valence-corrected chi connectivity index (χ0v) is 15.5. The summed E-state index contributed by atoms with van der Waals surface area (Å²) in [6.07, 6.45) is 4.67. The molecule has 0 bridgehead atoms. The average molecular weight is 362 g/mol. The Balaban J connectivity index is 1.95.